The van der Waals surface area contributed by atoms with Crippen molar-refractivity contribution in [3.8, 4) is 0 Å². The zero-order valence-electron chi connectivity index (χ0n) is 11.2. The maximum Gasteiger partial charge on any atom is 0.0425 e. The summed E-state index contributed by atoms with van der Waals surface area (Å²) in [4.78, 5) is 2.67. The molecule has 1 saturated heterocycles. The van der Waals surface area contributed by atoms with Gasteiger partial charge in [0.25, 0.3) is 0 Å². The van der Waals surface area contributed by atoms with Crippen molar-refractivity contribution in [2.45, 2.75) is 50.7 Å². The van der Waals surface area contributed by atoms with Gasteiger partial charge in [-0.1, -0.05) is 22.0 Å². The van der Waals surface area contributed by atoms with Crippen LogP contribution in [-0.4, -0.2) is 18.6 Å². The Kier molecular flexibility index (Phi) is 3.07. The number of halogens is 1. The summed E-state index contributed by atoms with van der Waals surface area (Å²) in [6.45, 7) is 2.30. The van der Waals surface area contributed by atoms with Gasteiger partial charge in [-0.15, -0.1) is 0 Å². The van der Waals surface area contributed by atoms with Gasteiger partial charge in [-0.3, -0.25) is 0 Å². The average Bonchev–Trinajstić information content (AvgIpc) is 3.01. The molecule has 3 heteroatoms. The third kappa shape index (κ3) is 2.43. The van der Waals surface area contributed by atoms with Crippen molar-refractivity contribution in [3.05, 3.63) is 28.2 Å². The van der Waals surface area contributed by atoms with Crippen LogP contribution >= 0.6 is 15.9 Å². The number of anilines is 1. The van der Waals surface area contributed by atoms with Crippen LogP contribution < -0.4 is 10.2 Å². The summed E-state index contributed by atoms with van der Waals surface area (Å²) >= 11 is 3.64. The van der Waals surface area contributed by atoms with Gasteiger partial charge in [0.1, 0.15) is 0 Å². The van der Waals surface area contributed by atoms with E-state index in [9.17, 15) is 0 Å². The van der Waals surface area contributed by atoms with Crippen LogP contribution in [-0.2, 0) is 6.54 Å². The maximum absolute atomic E-state index is 3.66. The zero-order chi connectivity index (χ0) is 12.8. The van der Waals surface area contributed by atoms with Crippen LogP contribution in [0.15, 0.2) is 22.7 Å². The van der Waals surface area contributed by atoms with Crippen LogP contribution in [0.2, 0.25) is 0 Å². The highest BCUT2D eigenvalue weighted by Gasteiger charge is 2.38. The van der Waals surface area contributed by atoms with Crippen molar-refractivity contribution >= 4 is 21.6 Å². The van der Waals surface area contributed by atoms with Crippen LogP contribution in [0.4, 0.5) is 5.69 Å². The smallest absolute Gasteiger partial charge is 0.0425 e. The van der Waals surface area contributed by atoms with E-state index < -0.39 is 0 Å². The highest BCUT2D eigenvalue weighted by molar-refractivity contribution is 9.10. The molecule has 0 radical (unpaired) electrons. The number of hydrogen-bond donors (Lipinski definition) is 1. The molecule has 2 saturated carbocycles. The minimum Gasteiger partial charge on any atom is -0.368 e. The molecule has 0 spiro atoms. The fourth-order valence-electron chi connectivity index (χ4n) is 3.72. The Morgan fingerprint density at radius 1 is 1.21 bits per heavy atom. The zero-order valence-corrected chi connectivity index (χ0v) is 12.8. The molecule has 1 N–H and O–H groups in total. The Morgan fingerprint density at radius 2 is 2.11 bits per heavy atom. The molecule has 0 aromatic heterocycles. The molecule has 3 fully saturated rings. The van der Waals surface area contributed by atoms with Crippen molar-refractivity contribution in [1.82, 2.24) is 5.32 Å². The largest absolute Gasteiger partial charge is 0.368 e. The molecule has 3 aliphatic rings. The first-order valence-electron chi connectivity index (χ1n) is 7.58. The molecule has 102 valence electrons. The molecule has 4 rings (SSSR count). The second-order valence-electron chi connectivity index (χ2n) is 6.41. The molecule has 0 amide bonds. The highest BCUT2D eigenvalue weighted by atomic mass is 79.9. The molecule has 2 atom stereocenters. The van der Waals surface area contributed by atoms with Crippen LogP contribution in [0.3, 0.4) is 0 Å². The third-order valence-electron chi connectivity index (χ3n) is 4.92. The summed E-state index contributed by atoms with van der Waals surface area (Å²) < 4.78 is 1.21. The van der Waals surface area contributed by atoms with E-state index in [1.165, 1.54) is 54.4 Å². The maximum atomic E-state index is 3.66. The van der Waals surface area contributed by atoms with Crippen molar-refractivity contribution in [2.24, 2.45) is 5.92 Å². The minimum atomic E-state index is 0.784. The minimum absolute atomic E-state index is 0.784. The quantitative estimate of drug-likeness (QED) is 0.910. The molecule has 2 bridgehead atoms. The number of hydrogen-bond acceptors (Lipinski definition) is 2. The molecule has 1 aromatic carbocycles. The van der Waals surface area contributed by atoms with Crippen LogP contribution in [0.25, 0.3) is 0 Å². The summed E-state index contributed by atoms with van der Waals surface area (Å²) in [7, 11) is 0. The van der Waals surface area contributed by atoms with Crippen molar-refractivity contribution in [1.29, 1.82) is 0 Å². The Labute approximate surface area is 123 Å². The molecule has 19 heavy (non-hydrogen) atoms. The third-order valence-corrected chi connectivity index (χ3v) is 5.42. The second kappa shape index (κ2) is 4.78. The van der Waals surface area contributed by atoms with Crippen LogP contribution in [0, 0.1) is 5.92 Å². The molecule has 2 aliphatic carbocycles. The number of benzene rings is 1. The first kappa shape index (κ1) is 12.2. The summed E-state index contributed by atoms with van der Waals surface area (Å²) in [6.07, 6.45) is 6.99. The Morgan fingerprint density at radius 3 is 2.79 bits per heavy atom. The number of piperidine rings is 1. The lowest BCUT2D eigenvalue weighted by atomic mass is 10.1. The van der Waals surface area contributed by atoms with Crippen LogP contribution in [0.1, 0.15) is 37.7 Å². The summed E-state index contributed by atoms with van der Waals surface area (Å²) in [5, 5.41) is 3.66. The molecule has 2 nitrogen and oxygen atoms in total. The standard InChI is InChI=1S/C16H21BrN2/c17-13-3-2-12(9-18-14-4-5-14)16(8-13)19-10-11-1-6-15(19)7-11/h2-3,8,11,14-15,18H,1,4-7,9-10H2. The lowest BCUT2D eigenvalue weighted by Crippen LogP contribution is -2.33. The number of nitrogens with one attached hydrogen (secondary N) is 1. The summed E-state index contributed by atoms with van der Waals surface area (Å²) in [5.41, 5.74) is 2.94. The van der Waals surface area contributed by atoms with Gasteiger partial charge >= 0.3 is 0 Å². The molecular formula is C16H21BrN2. The Balaban J connectivity index is 1.59. The van der Waals surface area contributed by atoms with Crippen LogP contribution in [0.5, 0.6) is 0 Å². The predicted octanol–water partition coefficient (Wildman–Crippen LogP) is 3.69. The summed E-state index contributed by atoms with van der Waals surface area (Å²) in [6, 6.07) is 8.39. The normalized spacial score (nSPS) is 29.2. The lowest BCUT2D eigenvalue weighted by molar-refractivity contribution is 0.551. The van der Waals surface area contributed by atoms with Crippen molar-refractivity contribution in [2.75, 3.05) is 11.4 Å². The van der Waals surface area contributed by atoms with Gasteiger partial charge in [0.15, 0.2) is 0 Å². The topological polar surface area (TPSA) is 15.3 Å². The van der Waals surface area contributed by atoms with E-state index >= 15 is 0 Å². The average molecular weight is 321 g/mol. The number of fused-ring (bicyclic) bond motifs is 2. The van der Waals surface area contributed by atoms with E-state index in [-0.39, 0.29) is 0 Å². The predicted molar refractivity (Wildman–Crippen MR) is 82.5 cm³/mol. The monoisotopic (exact) mass is 320 g/mol. The van der Waals surface area contributed by atoms with Gasteiger partial charge in [-0.25, -0.2) is 0 Å². The lowest BCUT2D eigenvalue weighted by Gasteiger charge is -2.31. The van der Waals surface area contributed by atoms with Crippen molar-refractivity contribution in [3.63, 3.8) is 0 Å². The molecule has 2 unspecified atom stereocenters. The Bertz CT molecular complexity index is 484. The molecular weight excluding hydrogens is 300 g/mol. The van der Waals surface area contributed by atoms with Gasteiger partial charge in [-0.05, 0) is 55.7 Å². The number of rotatable bonds is 4. The first-order valence-corrected chi connectivity index (χ1v) is 8.37. The molecule has 1 heterocycles. The van der Waals surface area contributed by atoms with E-state index in [4.69, 9.17) is 0 Å². The van der Waals surface area contributed by atoms with Gasteiger partial charge in [0, 0.05) is 35.3 Å². The SMILES string of the molecule is Brc1ccc(CNC2CC2)c(N2CC3CCC2C3)c1. The van der Waals surface area contributed by atoms with E-state index in [1.54, 1.807) is 0 Å². The Hall–Kier alpha value is -0.540. The van der Waals surface area contributed by atoms with Gasteiger partial charge in [0.2, 0.25) is 0 Å². The molecule has 1 aliphatic heterocycles. The van der Waals surface area contributed by atoms with E-state index in [0.29, 0.717) is 0 Å². The highest BCUT2D eigenvalue weighted by Crippen LogP contribution is 2.42. The number of nitrogens with zero attached hydrogens (tertiary/aromatic N) is 1. The first-order chi connectivity index (χ1) is 9.29. The second-order valence-corrected chi connectivity index (χ2v) is 7.33. The van der Waals surface area contributed by atoms with Crippen molar-refractivity contribution < 1.29 is 0 Å². The summed E-state index contributed by atoms with van der Waals surface area (Å²) in [5.74, 6) is 0.952. The van der Waals surface area contributed by atoms with E-state index in [0.717, 1.165) is 24.5 Å². The van der Waals surface area contributed by atoms with Gasteiger partial charge < -0.3 is 10.2 Å². The fraction of sp³-hybridized carbons (Fsp3) is 0.625. The van der Waals surface area contributed by atoms with Gasteiger partial charge in [0.05, 0.1) is 0 Å². The van der Waals surface area contributed by atoms with Gasteiger partial charge in [-0.2, -0.15) is 0 Å². The molecule has 1 aromatic rings. The van der Waals surface area contributed by atoms with E-state index in [2.05, 4.69) is 44.3 Å². The van der Waals surface area contributed by atoms with E-state index in [1.807, 2.05) is 0 Å². The fourth-order valence-corrected chi connectivity index (χ4v) is 4.06.